The van der Waals surface area contributed by atoms with Crippen molar-refractivity contribution in [3.8, 4) is 0 Å². The quantitative estimate of drug-likeness (QED) is 0.853. The highest BCUT2D eigenvalue weighted by molar-refractivity contribution is 7.89. The Bertz CT molecular complexity index is 661. The number of rotatable bonds is 5. The van der Waals surface area contributed by atoms with Crippen molar-refractivity contribution in [3.05, 3.63) is 28.8 Å². The van der Waals surface area contributed by atoms with Crippen molar-refractivity contribution in [2.24, 2.45) is 0 Å². The van der Waals surface area contributed by atoms with E-state index < -0.39 is 10.0 Å². The van der Waals surface area contributed by atoms with E-state index in [1.165, 1.54) is 0 Å². The molecule has 1 aliphatic heterocycles. The molecule has 2 amide bonds. The summed E-state index contributed by atoms with van der Waals surface area (Å²) in [5.41, 5.74) is 1.85. The Balaban J connectivity index is 1.91. The van der Waals surface area contributed by atoms with Crippen molar-refractivity contribution < 1.29 is 13.2 Å². The van der Waals surface area contributed by atoms with E-state index in [9.17, 15) is 13.2 Å². The Morgan fingerprint density at radius 2 is 2.14 bits per heavy atom. The van der Waals surface area contributed by atoms with Crippen LogP contribution >= 0.6 is 11.6 Å². The minimum absolute atomic E-state index is 0.0628. The van der Waals surface area contributed by atoms with Crippen LogP contribution in [0.1, 0.15) is 19.4 Å². The maximum Gasteiger partial charge on any atom is 0.321 e. The van der Waals surface area contributed by atoms with Crippen LogP contribution in [0.25, 0.3) is 0 Å². The molecule has 1 heterocycles. The van der Waals surface area contributed by atoms with Crippen LogP contribution < -0.4 is 14.9 Å². The van der Waals surface area contributed by atoms with Gasteiger partial charge in [-0.1, -0.05) is 17.7 Å². The van der Waals surface area contributed by atoms with Gasteiger partial charge in [0, 0.05) is 24.2 Å². The zero-order chi connectivity index (χ0) is 16.3. The third-order valence-corrected chi connectivity index (χ3v) is 5.06. The molecule has 1 aromatic rings. The third kappa shape index (κ3) is 4.34. The molecular weight excluding hydrogens is 326 g/mol. The minimum atomic E-state index is -3.37. The Kier molecular flexibility index (Phi) is 5.31. The Morgan fingerprint density at radius 3 is 2.82 bits per heavy atom. The number of fused-ring (bicyclic) bond motifs is 1. The number of nitrogens with zero attached hydrogens (tertiary/aromatic N) is 1. The molecule has 2 N–H and O–H groups in total. The van der Waals surface area contributed by atoms with Gasteiger partial charge in [0.25, 0.3) is 0 Å². The number of hydrogen-bond acceptors (Lipinski definition) is 3. The van der Waals surface area contributed by atoms with E-state index in [1.807, 2.05) is 6.07 Å². The van der Waals surface area contributed by atoms with Crippen molar-refractivity contribution in [1.29, 1.82) is 0 Å². The molecule has 6 nitrogen and oxygen atoms in total. The molecule has 122 valence electrons. The lowest BCUT2D eigenvalue weighted by atomic mass is 10.2. The van der Waals surface area contributed by atoms with Gasteiger partial charge >= 0.3 is 6.03 Å². The largest absolute Gasteiger partial charge is 0.337 e. The summed E-state index contributed by atoms with van der Waals surface area (Å²) in [4.78, 5) is 13.8. The number of carbonyl (C=O) groups excluding carboxylic acids is 1. The lowest BCUT2D eigenvalue weighted by Crippen LogP contribution is -2.42. The first kappa shape index (κ1) is 17.1. The molecule has 0 aliphatic carbocycles. The highest BCUT2D eigenvalue weighted by Gasteiger charge is 2.25. The van der Waals surface area contributed by atoms with Crippen LogP contribution in [0.5, 0.6) is 0 Å². The topological polar surface area (TPSA) is 78.5 Å². The first-order valence-corrected chi connectivity index (χ1v) is 9.15. The van der Waals surface area contributed by atoms with Crippen molar-refractivity contribution in [2.45, 2.75) is 26.3 Å². The van der Waals surface area contributed by atoms with Gasteiger partial charge < -0.3 is 5.32 Å². The number of sulfonamides is 1. The summed E-state index contributed by atoms with van der Waals surface area (Å²) < 4.78 is 25.9. The number of carbonyl (C=O) groups is 1. The number of hydrogen-bond donors (Lipinski definition) is 2. The predicted octanol–water partition coefficient (Wildman–Crippen LogP) is 1.74. The molecule has 0 bridgehead atoms. The van der Waals surface area contributed by atoms with Gasteiger partial charge in [0.05, 0.1) is 11.4 Å². The predicted molar refractivity (Wildman–Crippen MR) is 88.0 cm³/mol. The second-order valence-corrected chi connectivity index (χ2v) is 7.81. The molecule has 22 heavy (non-hydrogen) atoms. The van der Waals surface area contributed by atoms with Crippen molar-refractivity contribution in [2.75, 3.05) is 23.7 Å². The number of halogens is 1. The molecule has 0 saturated heterocycles. The first-order chi connectivity index (χ1) is 10.3. The zero-order valence-electron chi connectivity index (χ0n) is 12.6. The van der Waals surface area contributed by atoms with Gasteiger partial charge in [0.15, 0.2) is 0 Å². The smallest absolute Gasteiger partial charge is 0.321 e. The molecule has 0 unspecified atom stereocenters. The van der Waals surface area contributed by atoms with Gasteiger partial charge in [-0.3, -0.25) is 4.90 Å². The monoisotopic (exact) mass is 345 g/mol. The summed E-state index contributed by atoms with van der Waals surface area (Å²) in [7, 11) is -3.37. The summed E-state index contributed by atoms with van der Waals surface area (Å²) in [6.07, 6.45) is 0.771. The van der Waals surface area contributed by atoms with E-state index in [4.69, 9.17) is 11.6 Å². The SMILES string of the molecule is CC(C)NS(=O)(=O)CCNC(=O)N1CCc2ccc(Cl)cc21. The minimum Gasteiger partial charge on any atom is -0.337 e. The lowest BCUT2D eigenvalue weighted by molar-refractivity contribution is 0.247. The highest BCUT2D eigenvalue weighted by atomic mass is 35.5. The fourth-order valence-corrected chi connectivity index (χ4v) is 3.74. The molecule has 1 aliphatic rings. The second-order valence-electron chi connectivity index (χ2n) is 5.50. The number of amides is 2. The van der Waals surface area contributed by atoms with E-state index in [0.717, 1.165) is 17.7 Å². The summed E-state index contributed by atoms with van der Waals surface area (Å²) >= 11 is 5.96. The molecule has 2 rings (SSSR count). The average Bonchev–Trinajstić information content (AvgIpc) is 2.79. The Hall–Kier alpha value is -1.31. The van der Waals surface area contributed by atoms with E-state index >= 15 is 0 Å². The fraction of sp³-hybridized carbons (Fsp3) is 0.500. The Labute approximate surface area is 135 Å². The van der Waals surface area contributed by atoms with Crippen LogP contribution in [0, 0.1) is 0 Å². The number of urea groups is 1. The maximum atomic E-state index is 12.2. The van der Waals surface area contributed by atoms with E-state index in [2.05, 4.69) is 10.0 Å². The maximum absolute atomic E-state index is 12.2. The normalized spacial score (nSPS) is 14.3. The summed E-state index contributed by atoms with van der Waals surface area (Å²) in [6, 6.07) is 4.99. The van der Waals surface area contributed by atoms with Crippen LogP contribution in [0.15, 0.2) is 18.2 Å². The average molecular weight is 346 g/mol. The molecule has 0 aromatic heterocycles. The molecule has 1 aromatic carbocycles. The molecule has 0 spiro atoms. The highest BCUT2D eigenvalue weighted by Crippen LogP contribution is 2.30. The first-order valence-electron chi connectivity index (χ1n) is 7.12. The number of anilines is 1. The molecular formula is C14H20ClN3O3S. The molecule has 8 heteroatoms. The second kappa shape index (κ2) is 6.85. The summed E-state index contributed by atoms with van der Waals surface area (Å²) in [6.45, 7) is 4.13. The van der Waals surface area contributed by atoms with E-state index in [0.29, 0.717) is 11.6 Å². The van der Waals surface area contributed by atoms with Crippen molar-refractivity contribution in [3.63, 3.8) is 0 Å². The van der Waals surface area contributed by atoms with Crippen LogP contribution in [0.4, 0.5) is 10.5 Å². The molecule has 0 saturated carbocycles. The molecule has 0 fully saturated rings. The van der Waals surface area contributed by atoms with Gasteiger partial charge in [0.1, 0.15) is 0 Å². The third-order valence-electron chi connectivity index (χ3n) is 3.25. The summed E-state index contributed by atoms with van der Waals surface area (Å²) in [5, 5.41) is 3.21. The fourth-order valence-electron chi connectivity index (χ4n) is 2.37. The Morgan fingerprint density at radius 1 is 1.41 bits per heavy atom. The lowest BCUT2D eigenvalue weighted by Gasteiger charge is -2.18. The van der Waals surface area contributed by atoms with E-state index in [1.54, 1.807) is 30.9 Å². The standard InChI is InChI=1S/C14H20ClN3O3S/c1-10(2)17-22(20,21)8-6-16-14(19)18-7-5-11-3-4-12(15)9-13(11)18/h3-4,9-10,17H,5-8H2,1-2H3,(H,16,19). The van der Waals surface area contributed by atoms with Crippen LogP contribution in [-0.2, 0) is 16.4 Å². The van der Waals surface area contributed by atoms with Gasteiger partial charge in [-0.05, 0) is 38.0 Å². The summed E-state index contributed by atoms with van der Waals surface area (Å²) in [5.74, 6) is -0.146. The van der Waals surface area contributed by atoms with Crippen LogP contribution in [0.3, 0.4) is 0 Å². The molecule has 0 atom stereocenters. The van der Waals surface area contributed by atoms with E-state index in [-0.39, 0.29) is 24.4 Å². The molecule has 0 radical (unpaired) electrons. The number of nitrogens with one attached hydrogen (secondary N) is 2. The van der Waals surface area contributed by atoms with Crippen molar-refractivity contribution >= 4 is 33.3 Å². The van der Waals surface area contributed by atoms with Crippen molar-refractivity contribution in [1.82, 2.24) is 10.0 Å². The number of benzene rings is 1. The van der Waals surface area contributed by atoms with Gasteiger partial charge in [-0.15, -0.1) is 0 Å². The zero-order valence-corrected chi connectivity index (χ0v) is 14.2. The van der Waals surface area contributed by atoms with Gasteiger partial charge in [-0.25, -0.2) is 17.9 Å². The van der Waals surface area contributed by atoms with Crippen LogP contribution in [-0.4, -0.2) is 39.3 Å². The van der Waals surface area contributed by atoms with Gasteiger partial charge in [0.2, 0.25) is 10.0 Å². The van der Waals surface area contributed by atoms with Crippen LogP contribution in [0.2, 0.25) is 5.02 Å². The van der Waals surface area contributed by atoms with Gasteiger partial charge in [-0.2, -0.15) is 0 Å².